The Morgan fingerprint density at radius 1 is 1.03 bits per heavy atom. The minimum atomic E-state index is -3.76. The number of carbonyl (C=O) groups excluding carboxylic acids is 1. The lowest BCUT2D eigenvalue weighted by atomic mass is 10.0. The standard InChI is InChI=1S/C23H39N5O3S/c1-20(2)18-21-4-6-22(7-5-21)32(30,31)28(17-16-26-14-12-25(3)13-15-26)19-23(29)27-10-8-24-9-11-27/h4-7,20,24H,8-19H2,1-3H3. The highest BCUT2D eigenvalue weighted by Gasteiger charge is 2.29. The molecule has 0 bridgehead atoms. The first kappa shape index (κ1) is 25.1. The molecular formula is C23H39N5O3S. The molecule has 0 spiro atoms. The first-order valence-electron chi connectivity index (χ1n) is 11.7. The SMILES string of the molecule is CC(C)Cc1ccc(S(=O)(=O)N(CCN2CCN(C)CC2)CC(=O)N2CCNCC2)cc1. The Morgan fingerprint density at radius 3 is 2.25 bits per heavy atom. The van der Waals surface area contributed by atoms with E-state index in [1.54, 1.807) is 17.0 Å². The first-order chi connectivity index (χ1) is 15.3. The van der Waals surface area contributed by atoms with Crippen molar-refractivity contribution in [2.75, 3.05) is 79.0 Å². The number of sulfonamides is 1. The van der Waals surface area contributed by atoms with Crippen molar-refractivity contribution in [1.82, 2.24) is 24.3 Å². The van der Waals surface area contributed by atoms with E-state index < -0.39 is 10.0 Å². The summed E-state index contributed by atoms with van der Waals surface area (Å²) in [6.45, 7) is 11.7. The van der Waals surface area contributed by atoms with E-state index in [-0.39, 0.29) is 17.3 Å². The highest BCUT2D eigenvalue weighted by molar-refractivity contribution is 7.89. The number of carbonyl (C=O) groups is 1. The van der Waals surface area contributed by atoms with Gasteiger partial charge >= 0.3 is 0 Å². The fraction of sp³-hybridized carbons (Fsp3) is 0.696. The molecule has 2 aliphatic rings. The predicted octanol–water partition coefficient (Wildman–Crippen LogP) is 0.555. The van der Waals surface area contributed by atoms with Gasteiger partial charge in [0.25, 0.3) is 0 Å². The van der Waals surface area contributed by atoms with E-state index in [9.17, 15) is 13.2 Å². The fourth-order valence-electron chi connectivity index (χ4n) is 4.19. The maximum absolute atomic E-state index is 13.5. The fourth-order valence-corrected chi connectivity index (χ4v) is 5.57. The van der Waals surface area contributed by atoms with Crippen LogP contribution in [0, 0.1) is 5.92 Å². The Labute approximate surface area is 193 Å². The summed E-state index contributed by atoms with van der Waals surface area (Å²) >= 11 is 0. The van der Waals surface area contributed by atoms with Gasteiger partial charge in [-0.1, -0.05) is 26.0 Å². The van der Waals surface area contributed by atoms with Crippen molar-refractivity contribution in [3.05, 3.63) is 29.8 Å². The monoisotopic (exact) mass is 465 g/mol. The molecule has 2 fully saturated rings. The van der Waals surface area contributed by atoms with E-state index in [1.807, 2.05) is 12.1 Å². The Kier molecular flexibility index (Phi) is 9.07. The molecule has 0 aliphatic carbocycles. The number of likely N-dealkylation sites (N-methyl/N-ethyl adjacent to an activating group) is 1. The number of rotatable bonds is 9. The number of hydrogen-bond donors (Lipinski definition) is 1. The normalized spacial score (nSPS) is 19.1. The van der Waals surface area contributed by atoms with Crippen LogP contribution in [-0.2, 0) is 21.2 Å². The van der Waals surface area contributed by atoms with Crippen LogP contribution in [0.4, 0.5) is 0 Å². The van der Waals surface area contributed by atoms with Gasteiger partial charge in [-0.25, -0.2) is 8.42 Å². The summed E-state index contributed by atoms with van der Waals surface area (Å²) in [5.41, 5.74) is 1.12. The van der Waals surface area contributed by atoms with Crippen molar-refractivity contribution in [2.24, 2.45) is 5.92 Å². The molecule has 3 rings (SSSR count). The number of amides is 1. The van der Waals surface area contributed by atoms with Gasteiger partial charge in [0.2, 0.25) is 15.9 Å². The molecular weight excluding hydrogens is 426 g/mol. The maximum atomic E-state index is 13.5. The van der Waals surface area contributed by atoms with E-state index >= 15 is 0 Å². The van der Waals surface area contributed by atoms with Gasteiger partial charge in [0.05, 0.1) is 11.4 Å². The molecule has 0 radical (unpaired) electrons. The number of hydrogen-bond acceptors (Lipinski definition) is 6. The molecule has 1 amide bonds. The third kappa shape index (κ3) is 6.99. The van der Waals surface area contributed by atoms with Crippen LogP contribution in [0.15, 0.2) is 29.2 Å². The molecule has 0 atom stereocenters. The molecule has 2 heterocycles. The van der Waals surface area contributed by atoms with E-state index in [4.69, 9.17) is 0 Å². The minimum Gasteiger partial charge on any atom is -0.339 e. The number of nitrogens with one attached hydrogen (secondary N) is 1. The van der Waals surface area contributed by atoms with Crippen molar-refractivity contribution in [3.8, 4) is 0 Å². The molecule has 0 aromatic heterocycles. The van der Waals surface area contributed by atoms with Crippen LogP contribution < -0.4 is 5.32 Å². The van der Waals surface area contributed by atoms with E-state index in [0.717, 1.165) is 51.3 Å². The average Bonchev–Trinajstić information content (AvgIpc) is 2.78. The van der Waals surface area contributed by atoms with Crippen LogP contribution in [-0.4, -0.2) is 112 Å². The highest BCUT2D eigenvalue weighted by atomic mass is 32.2. The molecule has 32 heavy (non-hydrogen) atoms. The first-order valence-corrected chi connectivity index (χ1v) is 13.2. The van der Waals surface area contributed by atoms with Crippen LogP contribution in [0.25, 0.3) is 0 Å². The predicted molar refractivity (Wildman–Crippen MR) is 127 cm³/mol. The van der Waals surface area contributed by atoms with Crippen molar-refractivity contribution < 1.29 is 13.2 Å². The highest BCUT2D eigenvalue weighted by Crippen LogP contribution is 2.19. The summed E-state index contributed by atoms with van der Waals surface area (Å²) in [4.78, 5) is 19.5. The smallest absolute Gasteiger partial charge is 0.243 e. The third-order valence-electron chi connectivity index (χ3n) is 6.25. The van der Waals surface area contributed by atoms with Crippen molar-refractivity contribution in [1.29, 1.82) is 0 Å². The van der Waals surface area contributed by atoms with Gasteiger partial charge < -0.3 is 15.1 Å². The lowest BCUT2D eigenvalue weighted by Gasteiger charge is -2.34. The molecule has 9 heteroatoms. The summed E-state index contributed by atoms with van der Waals surface area (Å²) in [6, 6.07) is 7.16. The Balaban J connectivity index is 1.73. The van der Waals surface area contributed by atoms with Gasteiger partial charge in [-0.15, -0.1) is 0 Å². The van der Waals surface area contributed by atoms with E-state index in [0.29, 0.717) is 32.1 Å². The summed E-state index contributed by atoms with van der Waals surface area (Å²) in [6.07, 6.45) is 0.912. The van der Waals surface area contributed by atoms with Crippen LogP contribution in [0.2, 0.25) is 0 Å². The Morgan fingerprint density at radius 2 is 1.66 bits per heavy atom. The molecule has 0 unspecified atom stereocenters. The second-order valence-electron chi connectivity index (χ2n) is 9.36. The molecule has 1 N–H and O–H groups in total. The van der Waals surface area contributed by atoms with Crippen LogP contribution in [0.5, 0.6) is 0 Å². The zero-order valence-corrected chi connectivity index (χ0v) is 20.6. The van der Waals surface area contributed by atoms with Crippen LogP contribution in [0.3, 0.4) is 0 Å². The molecule has 0 saturated carbocycles. The van der Waals surface area contributed by atoms with Gasteiger partial charge in [0.1, 0.15) is 0 Å². The summed E-state index contributed by atoms with van der Waals surface area (Å²) in [7, 11) is -1.66. The van der Waals surface area contributed by atoms with E-state index in [1.165, 1.54) is 4.31 Å². The molecule has 1 aromatic rings. The van der Waals surface area contributed by atoms with E-state index in [2.05, 4.69) is 36.0 Å². The largest absolute Gasteiger partial charge is 0.339 e. The Hall–Kier alpha value is -1.52. The Bertz CT molecular complexity index is 830. The molecule has 180 valence electrons. The second kappa shape index (κ2) is 11.6. The zero-order chi connectivity index (χ0) is 23.1. The van der Waals surface area contributed by atoms with Gasteiger partial charge in [-0.05, 0) is 37.1 Å². The van der Waals surface area contributed by atoms with Crippen LogP contribution in [0.1, 0.15) is 19.4 Å². The minimum absolute atomic E-state index is 0.107. The zero-order valence-electron chi connectivity index (χ0n) is 19.8. The lowest BCUT2D eigenvalue weighted by Crippen LogP contribution is -2.52. The second-order valence-corrected chi connectivity index (χ2v) is 11.3. The van der Waals surface area contributed by atoms with Crippen molar-refractivity contribution in [3.63, 3.8) is 0 Å². The number of benzene rings is 1. The summed E-state index contributed by atoms with van der Waals surface area (Å²) < 4.78 is 28.4. The van der Waals surface area contributed by atoms with Crippen molar-refractivity contribution >= 4 is 15.9 Å². The molecule has 2 saturated heterocycles. The molecule has 2 aliphatic heterocycles. The third-order valence-corrected chi connectivity index (χ3v) is 8.11. The number of nitrogens with zero attached hydrogens (tertiary/aromatic N) is 4. The quantitative estimate of drug-likeness (QED) is 0.574. The molecule has 8 nitrogen and oxygen atoms in total. The number of piperazine rings is 2. The molecule has 1 aromatic carbocycles. The van der Waals surface area contributed by atoms with Gasteiger partial charge in [-0.2, -0.15) is 4.31 Å². The van der Waals surface area contributed by atoms with Crippen molar-refractivity contribution in [2.45, 2.75) is 25.2 Å². The van der Waals surface area contributed by atoms with Crippen LogP contribution >= 0.6 is 0 Å². The lowest BCUT2D eigenvalue weighted by molar-refractivity contribution is -0.132. The van der Waals surface area contributed by atoms with Gasteiger partial charge in [0, 0.05) is 65.4 Å². The summed E-state index contributed by atoms with van der Waals surface area (Å²) in [5.74, 6) is 0.388. The van der Waals surface area contributed by atoms with Gasteiger partial charge in [0.15, 0.2) is 0 Å². The topological polar surface area (TPSA) is 76.2 Å². The maximum Gasteiger partial charge on any atom is 0.243 e. The van der Waals surface area contributed by atoms with Gasteiger partial charge in [-0.3, -0.25) is 9.69 Å². The summed E-state index contributed by atoms with van der Waals surface area (Å²) in [5, 5.41) is 3.23. The average molecular weight is 466 g/mol.